The number of nitrogens with zero attached hydrogens (tertiary/aromatic N) is 2. The number of ether oxygens (including phenoxy) is 2. The number of rotatable bonds is 0. The first-order valence-corrected chi connectivity index (χ1v) is 9.40. The Balaban J connectivity index is 1.67. The maximum atomic E-state index is 5.93. The molecule has 4 rings (SSSR count). The van der Waals surface area contributed by atoms with Crippen molar-refractivity contribution in [1.82, 2.24) is 0 Å². The molecule has 0 saturated heterocycles. The first-order valence-electron chi connectivity index (χ1n) is 9.40. The molecular weight excluding hydrogens is 324 g/mol. The van der Waals surface area contributed by atoms with Crippen molar-refractivity contribution in [3.05, 3.63) is 59.7 Å². The molecule has 1 heterocycles. The second-order valence-corrected chi connectivity index (χ2v) is 6.75. The predicted molar refractivity (Wildman–Crippen MR) is 105 cm³/mol. The topological polar surface area (TPSA) is 43.2 Å². The minimum Gasteiger partial charge on any atom is -0.489 e. The van der Waals surface area contributed by atoms with E-state index >= 15 is 0 Å². The molecule has 0 aromatic heterocycles. The molecule has 1 saturated carbocycles. The monoisotopic (exact) mass is 348 g/mol. The van der Waals surface area contributed by atoms with E-state index in [1.54, 1.807) is 0 Å². The van der Waals surface area contributed by atoms with E-state index in [0.29, 0.717) is 13.2 Å². The van der Waals surface area contributed by atoms with E-state index in [4.69, 9.17) is 19.5 Å². The second-order valence-electron chi connectivity index (χ2n) is 6.75. The molecule has 2 aliphatic rings. The summed E-state index contributed by atoms with van der Waals surface area (Å²) in [5.74, 6) is 1.70. The van der Waals surface area contributed by atoms with Gasteiger partial charge in [0, 0.05) is 23.6 Å². The molecule has 0 unspecified atom stereocenters. The van der Waals surface area contributed by atoms with Gasteiger partial charge in [0.05, 0.1) is 12.1 Å². The number of fused-ring (bicyclic) bond motifs is 3. The van der Waals surface area contributed by atoms with E-state index in [0.717, 1.165) is 35.5 Å². The Labute approximate surface area is 154 Å². The molecule has 0 radical (unpaired) electrons. The number of para-hydroxylation sites is 2. The van der Waals surface area contributed by atoms with Crippen LogP contribution in [0.4, 0.5) is 0 Å². The van der Waals surface area contributed by atoms with Crippen molar-refractivity contribution in [2.24, 2.45) is 9.98 Å². The molecule has 0 amide bonds. The van der Waals surface area contributed by atoms with Gasteiger partial charge in [0.1, 0.15) is 24.7 Å². The van der Waals surface area contributed by atoms with Crippen molar-refractivity contribution in [2.75, 3.05) is 13.2 Å². The molecule has 0 spiro atoms. The van der Waals surface area contributed by atoms with Crippen LogP contribution in [0.5, 0.6) is 11.5 Å². The first-order chi connectivity index (χ1) is 12.9. The van der Waals surface area contributed by atoms with Crippen molar-refractivity contribution < 1.29 is 9.47 Å². The number of benzene rings is 2. The quantitative estimate of drug-likeness (QED) is 0.712. The SMILES string of the molecule is C1=N[C@@H]2CCCC[C@H]2N=Cc2ccccc2OCCOc2ccccc21. The largest absolute Gasteiger partial charge is 0.489 e. The highest BCUT2D eigenvalue weighted by molar-refractivity contribution is 5.84. The van der Waals surface area contributed by atoms with Gasteiger partial charge < -0.3 is 9.47 Å². The molecular formula is C22H24N2O2. The minimum atomic E-state index is 0.226. The van der Waals surface area contributed by atoms with Crippen LogP contribution in [0.3, 0.4) is 0 Å². The standard InChI is InChI=1S/C22H24N2O2/c1-5-11-21-17(7-1)15-23-19-9-3-4-10-20(19)24-16-18-8-2-6-12-22(18)26-14-13-25-21/h1-2,5-8,11-12,15-16,19-20H,3-4,9-10,13-14H2/t19-,20-/m1/s1. The summed E-state index contributed by atoms with van der Waals surface area (Å²) in [6.07, 6.45) is 8.50. The maximum Gasteiger partial charge on any atom is 0.128 e. The lowest BCUT2D eigenvalue weighted by Gasteiger charge is -2.25. The van der Waals surface area contributed by atoms with E-state index < -0.39 is 0 Å². The summed E-state index contributed by atoms with van der Waals surface area (Å²) < 4.78 is 11.9. The van der Waals surface area contributed by atoms with Gasteiger partial charge in [-0.2, -0.15) is 0 Å². The molecule has 1 aliphatic heterocycles. The summed E-state index contributed by atoms with van der Waals surface area (Å²) in [7, 11) is 0. The third kappa shape index (κ3) is 3.96. The number of hydrogen-bond donors (Lipinski definition) is 0. The molecule has 134 valence electrons. The highest BCUT2D eigenvalue weighted by atomic mass is 16.5. The fourth-order valence-electron chi connectivity index (χ4n) is 3.53. The van der Waals surface area contributed by atoms with Gasteiger partial charge in [-0.1, -0.05) is 37.1 Å². The van der Waals surface area contributed by atoms with Gasteiger partial charge in [0.15, 0.2) is 0 Å². The average Bonchev–Trinajstić information content (AvgIpc) is 2.69. The van der Waals surface area contributed by atoms with Crippen LogP contribution in [0.1, 0.15) is 36.8 Å². The molecule has 0 N–H and O–H groups in total. The lowest BCUT2D eigenvalue weighted by Crippen LogP contribution is -2.27. The molecule has 0 bridgehead atoms. The van der Waals surface area contributed by atoms with Crippen molar-refractivity contribution in [1.29, 1.82) is 0 Å². The zero-order valence-corrected chi connectivity index (χ0v) is 14.9. The summed E-state index contributed by atoms with van der Waals surface area (Å²) in [5, 5.41) is 0. The maximum absolute atomic E-state index is 5.93. The Kier molecular flexibility index (Phi) is 5.29. The smallest absolute Gasteiger partial charge is 0.128 e. The van der Waals surface area contributed by atoms with Crippen LogP contribution in [-0.4, -0.2) is 37.7 Å². The minimum absolute atomic E-state index is 0.226. The highest BCUT2D eigenvalue weighted by Crippen LogP contribution is 2.26. The predicted octanol–water partition coefficient (Wildman–Crippen LogP) is 4.31. The third-order valence-electron chi connectivity index (χ3n) is 4.94. The summed E-state index contributed by atoms with van der Waals surface area (Å²) in [5.41, 5.74) is 2.02. The van der Waals surface area contributed by atoms with Gasteiger partial charge in [0.2, 0.25) is 0 Å². The van der Waals surface area contributed by atoms with Crippen molar-refractivity contribution >= 4 is 12.4 Å². The number of aliphatic imine (C=N–C) groups is 2. The fraction of sp³-hybridized carbons (Fsp3) is 0.364. The molecule has 2 atom stereocenters. The fourth-order valence-corrected chi connectivity index (χ4v) is 3.53. The van der Waals surface area contributed by atoms with Gasteiger partial charge in [0.25, 0.3) is 0 Å². The van der Waals surface area contributed by atoms with Crippen LogP contribution in [0, 0.1) is 0 Å². The van der Waals surface area contributed by atoms with E-state index in [-0.39, 0.29) is 12.1 Å². The van der Waals surface area contributed by atoms with Crippen molar-refractivity contribution in [3.8, 4) is 11.5 Å². The van der Waals surface area contributed by atoms with E-state index in [2.05, 4.69) is 0 Å². The van der Waals surface area contributed by atoms with E-state index in [1.165, 1.54) is 12.8 Å². The lowest BCUT2D eigenvalue weighted by molar-refractivity contribution is 0.217. The summed E-state index contributed by atoms with van der Waals surface area (Å²) >= 11 is 0. The Morgan fingerprint density at radius 1 is 0.654 bits per heavy atom. The Bertz CT molecular complexity index is 733. The van der Waals surface area contributed by atoms with Gasteiger partial charge in [-0.05, 0) is 37.1 Å². The van der Waals surface area contributed by atoms with Crippen LogP contribution in [0.15, 0.2) is 58.5 Å². The van der Waals surface area contributed by atoms with Crippen LogP contribution in [0.25, 0.3) is 0 Å². The molecule has 2 aromatic rings. The van der Waals surface area contributed by atoms with Crippen LogP contribution >= 0.6 is 0 Å². The Hall–Kier alpha value is -2.62. The van der Waals surface area contributed by atoms with Gasteiger partial charge in [-0.25, -0.2) is 0 Å². The van der Waals surface area contributed by atoms with Crippen LogP contribution in [-0.2, 0) is 0 Å². The summed E-state index contributed by atoms with van der Waals surface area (Å²) in [6.45, 7) is 0.977. The molecule has 26 heavy (non-hydrogen) atoms. The van der Waals surface area contributed by atoms with Crippen molar-refractivity contribution in [2.45, 2.75) is 37.8 Å². The molecule has 1 aliphatic carbocycles. The second kappa shape index (κ2) is 8.17. The van der Waals surface area contributed by atoms with Crippen molar-refractivity contribution in [3.63, 3.8) is 0 Å². The Morgan fingerprint density at radius 3 is 1.62 bits per heavy atom. The summed E-state index contributed by atoms with van der Waals surface area (Å²) in [4.78, 5) is 9.76. The Morgan fingerprint density at radius 2 is 1.12 bits per heavy atom. The average molecular weight is 348 g/mol. The third-order valence-corrected chi connectivity index (χ3v) is 4.94. The van der Waals surface area contributed by atoms with E-state index in [1.807, 2.05) is 61.0 Å². The highest BCUT2D eigenvalue weighted by Gasteiger charge is 2.23. The zero-order chi connectivity index (χ0) is 17.6. The molecule has 4 nitrogen and oxygen atoms in total. The van der Waals surface area contributed by atoms with E-state index in [9.17, 15) is 0 Å². The summed E-state index contributed by atoms with van der Waals surface area (Å²) in [6, 6.07) is 16.5. The van der Waals surface area contributed by atoms with Gasteiger partial charge >= 0.3 is 0 Å². The lowest BCUT2D eigenvalue weighted by atomic mass is 9.91. The zero-order valence-electron chi connectivity index (χ0n) is 14.9. The van der Waals surface area contributed by atoms with Crippen LogP contribution in [0.2, 0.25) is 0 Å². The molecule has 2 aromatic carbocycles. The van der Waals surface area contributed by atoms with Crippen LogP contribution < -0.4 is 9.47 Å². The first kappa shape index (κ1) is 16.8. The van der Waals surface area contributed by atoms with Gasteiger partial charge in [-0.3, -0.25) is 9.98 Å². The normalized spacial score (nSPS) is 22.8. The molecule has 1 fully saturated rings. The van der Waals surface area contributed by atoms with Gasteiger partial charge in [-0.15, -0.1) is 0 Å². The number of hydrogen-bond acceptors (Lipinski definition) is 4. The molecule has 4 heteroatoms.